The lowest BCUT2D eigenvalue weighted by Crippen LogP contribution is -2.20. The first-order valence-corrected chi connectivity index (χ1v) is 10.1. The lowest BCUT2D eigenvalue weighted by molar-refractivity contribution is 0.120. The monoisotopic (exact) mass is 388 g/mol. The molecule has 148 valence electrons. The van der Waals surface area contributed by atoms with Gasteiger partial charge in [-0.25, -0.2) is 4.98 Å². The second-order valence-electron chi connectivity index (χ2n) is 7.86. The van der Waals surface area contributed by atoms with Crippen LogP contribution in [-0.2, 0) is 4.74 Å². The normalized spacial score (nSPS) is 16.7. The van der Waals surface area contributed by atoms with Crippen molar-refractivity contribution < 1.29 is 4.74 Å². The lowest BCUT2D eigenvalue weighted by atomic mass is 10.1. The number of ether oxygens (including phenoxy) is 1. The lowest BCUT2D eigenvalue weighted by Gasteiger charge is -2.13. The summed E-state index contributed by atoms with van der Waals surface area (Å²) in [7, 11) is 0. The van der Waals surface area contributed by atoms with Gasteiger partial charge >= 0.3 is 0 Å². The molecule has 1 aliphatic heterocycles. The van der Waals surface area contributed by atoms with Crippen LogP contribution in [0.4, 0.5) is 5.82 Å². The Balaban J connectivity index is 1.67. The Morgan fingerprint density at radius 2 is 2.07 bits per heavy atom. The highest BCUT2D eigenvalue weighted by molar-refractivity contribution is 5.86. The molecule has 6 heteroatoms. The van der Waals surface area contributed by atoms with Crippen molar-refractivity contribution in [2.24, 2.45) is 0 Å². The molecule has 5 rings (SSSR count). The third-order valence-corrected chi connectivity index (χ3v) is 5.56. The van der Waals surface area contributed by atoms with E-state index >= 15 is 0 Å². The molecule has 0 saturated carbocycles. The van der Waals surface area contributed by atoms with Crippen LogP contribution in [0.5, 0.6) is 0 Å². The number of fused-ring (bicyclic) bond motifs is 2. The average Bonchev–Trinajstić information content (AvgIpc) is 3.33. The van der Waals surface area contributed by atoms with E-state index < -0.39 is 0 Å². The minimum Gasteiger partial charge on any atom is -0.376 e. The summed E-state index contributed by atoms with van der Waals surface area (Å²) in [6.07, 6.45) is 4.33. The highest BCUT2D eigenvalue weighted by atomic mass is 16.5. The van der Waals surface area contributed by atoms with Crippen molar-refractivity contribution in [1.29, 1.82) is 0 Å². The van der Waals surface area contributed by atoms with Gasteiger partial charge in [0.05, 0.1) is 11.7 Å². The Labute approximate surface area is 168 Å². The van der Waals surface area contributed by atoms with Crippen molar-refractivity contribution in [3.05, 3.63) is 64.1 Å². The van der Waals surface area contributed by atoms with E-state index in [4.69, 9.17) is 9.72 Å². The summed E-state index contributed by atoms with van der Waals surface area (Å²) in [5.74, 6) is 0.827. The Morgan fingerprint density at radius 1 is 1.21 bits per heavy atom. The predicted octanol–water partition coefficient (Wildman–Crippen LogP) is 4.05. The van der Waals surface area contributed by atoms with Crippen LogP contribution in [0.1, 0.15) is 24.0 Å². The number of rotatable bonds is 4. The SMILES string of the molecule is Cc1ccc2[nH]c(=O)c(-c3nc4cc(C)ccn4c3NCC3CCCO3)cc2c1. The zero-order valence-electron chi connectivity index (χ0n) is 16.7. The van der Waals surface area contributed by atoms with Crippen molar-refractivity contribution in [2.45, 2.75) is 32.8 Å². The number of aromatic amines is 1. The van der Waals surface area contributed by atoms with Gasteiger partial charge in [-0.15, -0.1) is 0 Å². The molecule has 3 aromatic heterocycles. The van der Waals surface area contributed by atoms with Crippen molar-refractivity contribution in [3.63, 3.8) is 0 Å². The van der Waals surface area contributed by atoms with Gasteiger partial charge in [0.15, 0.2) is 0 Å². The summed E-state index contributed by atoms with van der Waals surface area (Å²) in [6.45, 7) is 5.60. The van der Waals surface area contributed by atoms with E-state index in [1.807, 2.05) is 54.8 Å². The van der Waals surface area contributed by atoms with Gasteiger partial charge in [0.2, 0.25) is 0 Å². The van der Waals surface area contributed by atoms with Crippen LogP contribution < -0.4 is 10.9 Å². The largest absolute Gasteiger partial charge is 0.376 e. The maximum absolute atomic E-state index is 12.9. The molecule has 2 N–H and O–H groups in total. The molecular weight excluding hydrogens is 364 g/mol. The summed E-state index contributed by atoms with van der Waals surface area (Å²) in [6, 6.07) is 12.0. The molecule has 1 aromatic carbocycles. The number of pyridine rings is 2. The molecular formula is C23H24N4O2. The summed E-state index contributed by atoms with van der Waals surface area (Å²) < 4.78 is 7.77. The van der Waals surface area contributed by atoms with E-state index in [1.54, 1.807) is 0 Å². The molecule has 0 bridgehead atoms. The number of H-pyrrole nitrogens is 1. The Hall–Kier alpha value is -3.12. The molecule has 0 radical (unpaired) electrons. The maximum atomic E-state index is 12.9. The van der Waals surface area contributed by atoms with Gasteiger partial charge in [-0.3, -0.25) is 9.20 Å². The Kier molecular flexibility index (Phi) is 4.36. The van der Waals surface area contributed by atoms with Crippen molar-refractivity contribution >= 4 is 22.4 Å². The number of anilines is 1. The average molecular weight is 388 g/mol. The Morgan fingerprint density at radius 3 is 2.90 bits per heavy atom. The number of aromatic nitrogens is 3. The van der Waals surface area contributed by atoms with Gasteiger partial charge < -0.3 is 15.0 Å². The van der Waals surface area contributed by atoms with E-state index in [0.29, 0.717) is 17.8 Å². The molecule has 0 amide bonds. The number of nitrogens with zero attached hydrogens (tertiary/aromatic N) is 2. The first-order valence-electron chi connectivity index (χ1n) is 10.1. The summed E-state index contributed by atoms with van der Waals surface area (Å²) in [5, 5.41) is 4.50. The number of hydrogen-bond acceptors (Lipinski definition) is 4. The molecule has 1 unspecified atom stereocenters. The fourth-order valence-corrected chi connectivity index (χ4v) is 4.02. The van der Waals surface area contributed by atoms with E-state index in [2.05, 4.69) is 16.4 Å². The third kappa shape index (κ3) is 3.29. The fraction of sp³-hybridized carbons (Fsp3) is 0.304. The number of aryl methyl sites for hydroxylation is 2. The van der Waals surface area contributed by atoms with E-state index in [1.165, 1.54) is 0 Å². The number of hydrogen-bond donors (Lipinski definition) is 2. The molecule has 0 aliphatic carbocycles. The molecule has 1 fully saturated rings. The van der Waals surface area contributed by atoms with Crippen LogP contribution in [-0.4, -0.2) is 33.6 Å². The van der Waals surface area contributed by atoms with Gasteiger partial charge in [0, 0.05) is 24.9 Å². The van der Waals surface area contributed by atoms with Gasteiger partial charge in [-0.2, -0.15) is 0 Å². The second kappa shape index (κ2) is 7.04. The van der Waals surface area contributed by atoms with Crippen molar-refractivity contribution in [3.8, 4) is 11.3 Å². The molecule has 0 spiro atoms. The highest BCUT2D eigenvalue weighted by Gasteiger charge is 2.20. The van der Waals surface area contributed by atoms with Crippen LogP contribution >= 0.6 is 0 Å². The van der Waals surface area contributed by atoms with Gasteiger partial charge in [0.25, 0.3) is 5.56 Å². The highest BCUT2D eigenvalue weighted by Crippen LogP contribution is 2.29. The molecule has 1 atom stereocenters. The number of benzene rings is 1. The zero-order valence-corrected chi connectivity index (χ0v) is 16.7. The van der Waals surface area contributed by atoms with Crippen LogP contribution in [0.15, 0.2) is 47.4 Å². The molecule has 4 heterocycles. The van der Waals surface area contributed by atoms with Gasteiger partial charge in [0.1, 0.15) is 17.2 Å². The van der Waals surface area contributed by atoms with Gasteiger partial charge in [-0.05, 0) is 68.0 Å². The van der Waals surface area contributed by atoms with Crippen molar-refractivity contribution in [1.82, 2.24) is 14.4 Å². The van der Waals surface area contributed by atoms with Crippen LogP contribution in [0.25, 0.3) is 27.8 Å². The standard InChI is InChI=1S/C23H24N4O2/c1-14-5-6-19-16(10-14)12-18(23(28)25-19)21-22(24-13-17-4-3-9-29-17)27-8-7-15(2)11-20(27)26-21/h5-8,10-12,17,24H,3-4,9,13H2,1-2H3,(H,25,28). The third-order valence-electron chi connectivity index (χ3n) is 5.56. The zero-order chi connectivity index (χ0) is 20.0. The molecule has 29 heavy (non-hydrogen) atoms. The maximum Gasteiger partial charge on any atom is 0.258 e. The second-order valence-corrected chi connectivity index (χ2v) is 7.86. The van der Waals surface area contributed by atoms with Crippen molar-refractivity contribution in [2.75, 3.05) is 18.5 Å². The molecule has 1 aliphatic rings. The number of nitrogens with one attached hydrogen (secondary N) is 2. The van der Waals surface area contributed by atoms with Crippen LogP contribution in [0.3, 0.4) is 0 Å². The summed E-state index contributed by atoms with van der Waals surface area (Å²) >= 11 is 0. The summed E-state index contributed by atoms with van der Waals surface area (Å²) in [4.78, 5) is 20.7. The minimum atomic E-state index is -0.137. The predicted molar refractivity (Wildman–Crippen MR) is 116 cm³/mol. The number of imidazole rings is 1. The van der Waals surface area contributed by atoms with Gasteiger partial charge in [-0.1, -0.05) is 11.6 Å². The first kappa shape index (κ1) is 17.9. The molecule has 1 saturated heterocycles. The molecule has 4 aromatic rings. The quantitative estimate of drug-likeness (QED) is 0.553. The molecule has 6 nitrogen and oxygen atoms in total. The van der Waals surface area contributed by atoms with E-state index in [0.717, 1.165) is 52.9 Å². The first-order chi connectivity index (χ1) is 14.1. The summed E-state index contributed by atoms with van der Waals surface area (Å²) in [5.41, 5.74) is 5.02. The smallest absolute Gasteiger partial charge is 0.258 e. The Bertz CT molecular complexity index is 1270. The van der Waals surface area contributed by atoms with Crippen LogP contribution in [0, 0.1) is 13.8 Å². The topological polar surface area (TPSA) is 71.4 Å². The minimum absolute atomic E-state index is 0.137. The van der Waals surface area contributed by atoms with Crippen LogP contribution in [0.2, 0.25) is 0 Å². The fourth-order valence-electron chi connectivity index (χ4n) is 4.02. The van der Waals surface area contributed by atoms with E-state index in [-0.39, 0.29) is 11.7 Å². The van der Waals surface area contributed by atoms with E-state index in [9.17, 15) is 4.79 Å².